The van der Waals surface area contributed by atoms with Gasteiger partial charge < -0.3 is 19.9 Å². The van der Waals surface area contributed by atoms with Crippen LogP contribution in [0.1, 0.15) is 18.4 Å². The third-order valence-corrected chi connectivity index (χ3v) is 3.63. The Labute approximate surface area is 136 Å². The molecule has 0 saturated carbocycles. The SMILES string of the molecule is CN([O-])c1ccc(C#N)cc1O[C@H]1CCCN(C(=O)C(F)(F)F)C1. The summed E-state index contributed by atoms with van der Waals surface area (Å²) in [5, 5.41) is 21.0. The lowest BCUT2D eigenvalue weighted by Crippen LogP contribution is -2.49. The second-order valence-electron chi connectivity index (χ2n) is 5.42. The highest BCUT2D eigenvalue weighted by Gasteiger charge is 2.43. The summed E-state index contributed by atoms with van der Waals surface area (Å²) < 4.78 is 43.3. The third kappa shape index (κ3) is 4.08. The topological polar surface area (TPSA) is 79.6 Å². The zero-order chi connectivity index (χ0) is 17.9. The van der Waals surface area contributed by atoms with Crippen molar-refractivity contribution in [1.29, 1.82) is 5.26 Å². The molecule has 130 valence electrons. The smallest absolute Gasteiger partial charge is 0.471 e. The van der Waals surface area contributed by atoms with Crippen molar-refractivity contribution in [1.82, 2.24) is 4.90 Å². The summed E-state index contributed by atoms with van der Waals surface area (Å²) in [5.74, 6) is -1.79. The monoisotopic (exact) mass is 342 g/mol. The van der Waals surface area contributed by atoms with Crippen LogP contribution in [0.25, 0.3) is 0 Å². The molecule has 0 radical (unpaired) electrons. The number of rotatable bonds is 3. The number of hydroxylamine groups is 1. The third-order valence-electron chi connectivity index (χ3n) is 3.63. The van der Waals surface area contributed by atoms with E-state index in [2.05, 4.69) is 0 Å². The zero-order valence-corrected chi connectivity index (χ0v) is 12.8. The predicted molar refractivity (Wildman–Crippen MR) is 79.2 cm³/mol. The number of ether oxygens (including phenoxy) is 1. The van der Waals surface area contributed by atoms with Gasteiger partial charge in [0.15, 0.2) is 0 Å². The predicted octanol–water partition coefficient (Wildman–Crippen LogP) is 2.42. The average molecular weight is 342 g/mol. The fourth-order valence-corrected chi connectivity index (χ4v) is 2.52. The molecule has 0 aromatic heterocycles. The number of hydrogen-bond donors (Lipinski definition) is 0. The molecule has 2 rings (SSSR count). The molecule has 0 spiro atoms. The Morgan fingerprint density at radius 1 is 1.50 bits per heavy atom. The Morgan fingerprint density at radius 2 is 2.21 bits per heavy atom. The van der Waals surface area contributed by atoms with E-state index >= 15 is 0 Å². The lowest BCUT2D eigenvalue weighted by molar-refractivity contribution is -0.187. The summed E-state index contributed by atoms with van der Waals surface area (Å²) in [6, 6.07) is 6.11. The molecule has 1 fully saturated rings. The molecule has 0 unspecified atom stereocenters. The Bertz CT molecular complexity index is 656. The summed E-state index contributed by atoms with van der Waals surface area (Å²) in [4.78, 5) is 12.0. The van der Waals surface area contributed by atoms with Crippen LogP contribution < -0.4 is 9.80 Å². The van der Waals surface area contributed by atoms with Crippen molar-refractivity contribution in [3.63, 3.8) is 0 Å². The van der Waals surface area contributed by atoms with Gasteiger partial charge in [-0.2, -0.15) is 18.4 Å². The van der Waals surface area contributed by atoms with Crippen molar-refractivity contribution in [2.45, 2.75) is 25.1 Å². The first-order valence-corrected chi connectivity index (χ1v) is 7.20. The van der Waals surface area contributed by atoms with Crippen molar-refractivity contribution in [3.8, 4) is 11.8 Å². The maximum atomic E-state index is 12.5. The zero-order valence-electron chi connectivity index (χ0n) is 12.8. The number of carbonyl (C=O) groups is 1. The highest BCUT2D eigenvalue weighted by atomic mass is 19.4. The number of nitriles is 1. The fraction of sp³-hybridized carbons (Fsp3) is 0.467. The minimum absolute atomic E-state index is 0.00472. The van der Waals surface area contributed by atoms with Crippen LogP contribution in [0.2, 0.25) is 0 Å². The molecule has 0 aliphatic carbocycles. The minimum atomic E-state index is -4.93. The number of alkyl halides is 3. The van der Waals surface area contributed by atoms with Crippen LogP contribution in [0.15, 0.2) is 18.2 Å². The molecular weight excluding hydrogens is 327 g/mol. The molecule has 0 bridgehead atoms. The van der Waals surface area contributed by atoms with E-state index in [0.29, 0.717) is 22.8 Å². The van der Waals surface area contributed by atoms with Gasteiger partial charge >= 0.3 is 12.1 Å². The normalized spacial score (nSPS) is 18.0. The maximum absolute atomic E-state index is 12.5. The highest BCUT2D eigenvalue weighted by molar-refractivity contribution is 5.82. The Kier molecular flexibility index (Phi) is 5.19. The molecule has 1 heterocycles. The summed E-state index contributed by atoms with van der Waals surface area (Å²) in [5.41, 5.74) is 0.419. The fourth-order valence-electron chi connectivity index (χ4n) is 2.52. The number of halogens is 3. The number of likely N-dealkylation sites (tertiary alicyclic amines) is 1. The molecule has 6 nitrogen and oxygen atoms in total. The minimum Gasteiger partial charge on any atom is -0.758 e. The van der Waals surface area contributed by atoms with Crippen LogP contribution in [0, 0.1) is 16.5 Å². The van der Waals surface area contributed by atoms with Gasteiger partial charge in [-0.1, -0.05) is 0 Å². The van der Waals surface area contributed by atoms with E-state index in [1.165, 1.54) is 25.2 Å². The molecule has 1 aliphatic rings. The molecule has 24 heavy (non-hydrogen) atoms. The van der Waals surface area contributed by atoms with Crippen LogP contribution in [0.4, 0.5) is 18.9 Å². The van der Waals surface area contributed by atoms with Gasteiger partial charge in [-0.3, -0.25) is 4.79 Å². The summed E-state index contributed by atoms with van der Waals surface area (Å²) in [6.45, 7) is -0.220. The number of carbonyl (C=O) groups excluding carboxylic acids is 1. The molecule has 1 aliphatic heterocycles. The molecule has 1 saturated heterocycles. The van der Waals surface area contributed by atoms with Gasteiger partial charge in [0, 0.05) is 12.6 Å². The quantitative estimate of drug-likeness (QED) is 0.788. The van der Waals surface area contributed by atoms with Gasteiger partial charge in [0.05, 0.1) is 23.9 Å². The van der Waals surface area contributed by atoms with Gasteiger partial charge in [0.25, 0.3) is 0 Å². The van der Waals surface area contributed by atoms with E-state index in [1.807, 2.05) is 6.07 Å². The first-order valence-electron chi connectivity index (χ1n) is 7.20. The molecule has 0 N–H and O–H groups in total. The van der Waals surface area contributed by atoms with Crippen LogP contribution in [0.5, 0.6) is 5.75 Å². The second-order valence-corrected chi connectivity index (χ2v) is 5.42. The largest absolute Gasteiger partial charge is 0.758 e. The Morgan fingerprint density at radius 3 is 2.79 bits per heavy atom. The van der Waals surface area contributed by atoms with Crippen molar-refractivity contribution in [2.75, 3.05) is 25.2 Å². The maximum Gasteiger partial charge on any atom is 0.471 e. The summed E-state index contributed by atoms with van der Waals surface area (Å²) in [6.07, 6.45) is -4.81. The molecule has 9 heteroatoms. The van der Waals surface area contributed by atoms with Crippen molar-refractivity contribution >= 4 is 11.6 Å². The number of piperidine rings is 1. The molecule has 1 amide bonds. The van der Waals surface area contributed by atoms with Crippen LogP contribution in [-0.2, 0) is 4.79 Å². The van der Waals surface area contributed by atoms with E-state index in [9.17, 15) is 23.2 Å². The molecule has 1 atom stereocenters. The number of anilines is 1. The van der Waals surface area contributed by atoms with E-state index in [4.69, 9.17) is 10.00 Å². The van der Waals surface area contributed by atoms with Gasteiger partial charge in [-0.05, 0) is 32.0 Å². The highest BCUT2D eigenvalue weighted by Crippen LogP contribution is 2.31. The number of amides is 1. The number of benzene rings is 1. The average Bonchev–Trinajstić information content (AvgIpc) is 2.53. The summed E-state index contributed by atoms with van der Waals surface area (Å²) in [7, 11) is 1.24. The molecule has 1 aromatic rings. The van der Waals surface area contributed by atoms with E-state index < -0.39 is 18.2 Å². The van der Waals surface area contributed by atoms with Gasteiger partial charge in [0.1, 0.15) is 11.9 Å². The Hall–Kier alpha value is -2.47. The van der Waals surface area contributed by atoms with Crippen molar-refractivity contribution < 1.29 is 22.7 Å². The van der Waals surface area contributed by atoms with E-state index in [-0.39, 0.29) is 30.1 Å². The number of hydrogen-bond acceptors (Lipinski definition) is 5. The first-order chi connectivity index (χ1) is 11.2. The molecule has 1 aromatic carbocycles. The second kappa shape index (κ2) is 6.97. The van der Waals surface area contributed by atoms with Crippen LogP contribution >= 0.6 is 0 Å². The number of nitrogens with zero attached hydrogens (tertiary/aromatic N) is 3. The first kappa shape index (κ1) is 17.9. The lowest BCUT2D eigenvalue weighted by atomic mass is 10.1. The molecular formula is C15H15F3N3O3-. The van der Waals surface area contributed by atoms with Crippen molar-refractivity contribution in [2.24, 2.45) is 0 Å². The van der Waals surface area contributed by atoms with Gasteiger partial charge in [-0.15, -0.1) is 0 Å². The van der Waals surface area contributed by atoms with E-state index in [1.54, 1.807) is 0 Å². The van der Waals surface area contributed by atoms with Gasteiger partial charge in [-0.25, -0.2) is 0 Å². The summed E-state index contributed by atoms with van der Waals surface area (Å²) >= 11 is 0. The van der Waals surface area contributed by atoms with Gasteiger partial charge in [0.2, 0.25) is 0 Å². The van der Waals surface area contributed by atoms with Crippen molar-refractivity contribution in [3.05, 3.63) is 29.0 Å². The Balaban J connectivity index is 2.16. The standard InChI is InChI=1S/C15H15F3N3O3/c1-20(23)12-5-4-10(8-19)7-13(12)24-11-3-2-6-21(9-11)14(22)15(16,17)18/h4-5,7,11H,2-3,6,9H2,1H3/q-1/t11-/m0/s1. The van der Waals surface area contributed by atoms with Crippen LogP contribution in [-0.4, -0.2) is 43.2 Å². The van der Waals surface area contributed by atoms with E-state index in [0.717, 1.165) is 0 Å². The van der Waals surface area contributed by atoms with Crippen LogP contribution in [0.3, 0.4) is 0 Å². The lowest BCUT2D eigenvalue weighted by Gasteiger charge is -2.35.